The van der Waals surface area contributed by atoms with Gasteiger partial charge in [0.25, 0.3) is 0 Å². The molecule has 0 rings (SSSR count). The van der Waals surface area contributed by atoms with Crippen LogP contribution < -0.4 is 0 Å². The summed E-state index contributed by atoms with van der Waals surface area (Å²) in [5.74, 6) is 0. The van der Waals surface area contributed by atoms with Crippen molar-refractivity contribution in [1.82, 2.24) is 0 Å². The Balaban J connectivity index is 3.47. The van der Waals surface area contributed by atoms with E-state index in [1.54, 1.807) is 0 Å². The van der Waals surface area contributed by atoms with Gasteiger partial charge in [-0.05, 0) is 0 Å². The zero-order valence-electron chi connectivity index (χ0n) is 2.01. The van der Waals surface area contributed by atoms with Crippen molar-refractivity contribution in [1.29, 1.82) is 0 Å². The van der Waals surface area contributed by atoms with E-state index in [2.05, 4.69) is 0 Å². The molecule has 2 N–H and O–H groups in total. The molecule has 0 aliphatic carbocycles. The zero-order valence-corrected chi connectivity index (χ0v) is 4.56. The molecule has 0 atom stereocenters. The fraction of sp³-hybridized carbons (Fsp3) is 0. The third-order valence-electron chi connectivity index (χ3n) is 0. The summed E-state index contributed by atoms with van der Waals surface area (Å²) in [5.41, 5.74) is 0. The summed E-state index contributed by atoms with van der Waals surface area (Å²) < 4.78 is 5.45. The van der Waals surface area contributed by atoms with Crippen LogP contribution in [0.25, 0.3) is 0 Å². The van der Waals surface area contributed by atoms with Gasteiger partial charge in [0, 0.05) is 0 Å². The first-order valence-corrected chi connectivity index (χ1v) is 4.32. The molecule has 0 aliphatic heterocycles. The SMILES string of the molecule is O=[P](O)(O)[Lu]. The summed E-state index contributed by atoms with van der Waals surface area (Å²) in [7, 11) is 0. The quantitative estimate of drug-likeness (QED) is 0.581. The Labute approximate surface area is 51.4 Å². The third kappa shape index (κ3) is 32.2. The van der Waals surface area contributed by atoms with Crippen molar-refractivity contribution in [3.8, 4) is 0 Å². The molecule has 0 amide bonds. The Hall–Kier alpha value is 1.38. The first-order chi connectivity index (χ1) is 2.00. The van der Waals surface area contributed by atoms with Crippen molar-refractivity contribution in [2.24, 2.45) is 0 Å². The van der Waals surface area contributed by atoms with Crippen LogP contribution in [-0.4, -0.2) is 9.79 Å². The topological polar surface area (TPSA) is 57.5 Å². The van der Waals surface area contributed by atoms with Crippen LogP contribution in [0.1, 0.15) is 0 Å². The molecule has 40 valence electrons. The predicted molar refractivity (Wildman–Crippen MR) is 12.0 cm³/mol. The summed E-state index contributed by atoms with van der Waals surface area (Å²) in [6.45, 7) is 0. The minimum absolute atomic E-state index is 1.91. The normalized spacial score (nSPS) is 12.0. The minimum atomic E-state index is -3.81. The molecule has 0 saturated heterocycles. The average Bonchev–Trinajstić information content (AvgIpc) is 0.722. The van der Waals surface area contributed by atoms with E-state index < -0.39 is 3.15 Å². The molecule has 5 heteroatoms. The molecule has 0 bridgehead atoms. The Bertz CT molecular complexity index is 53.0. The van der Waals surface area contributed by atoms with E-state index in [1.807, 2.05) is 34.2 Å². The van der Waals surface area contributed by atoms with Crippen LogP contribution in [0.5, 0.6) is 0 Å². The van der Waals surface area contributed by atoms with Crippen LogP contribution in [0.15, 0.2) is 0 Å². The molecule has 0 spiro atoms. The Morgan fingerprint density at radius 2 is 1.60 bits per heavy atom. The van der Waals surface area contributed by atoms with Gasteiger partial charge in [-0.15, -0.1) is 0 Å². The first-order valence-electron chi connectivity index (χ1n) is 0.698. The van der Waals surface area contributed by atoms with Crippen molar-refractivity contribution in [2.75, 3.05) is 0 Å². The molecule has 0 aromatic rings. The van der Waals surface area contributed by atoms with Gasteiger partial charge >= 0.3 is 51.7 Å². The van der Waals surface area contributed by atoms with Crippen molar-refractivity contribution in [2.45, 2.75) is 0 Å². The molecule has 0 unspecified atom stereocenters. The van der Waals surface area contributed by atoms with E-state index in [-0.39, 0.29) is 0 Å². The molecule has 0 fully saturated rings. The van der Waals surface area contributed by atoms with Crippen molar-refractivity contribution in [3.05, 3.63) is 0 Å². The predicted octanol–water partition coefficient (Wildman–Crippen LogP) is -0.372. The van der Waals surface area contributed by atoms with Gasteiger partial charge < -0.3 is 0 Å². The fourth-order valence-corrected chi connectivity index (χ4v) is 0. The first kappa shape index (κ1) is 6.38. The van der Waals surface area contributed by atoms with Gasteiger partial charge in [0.05, 0.1) is 0 Å². The second kappa shape index (κ2) is 1.90. The molecular weight excluding hydrogens is 254 g/mol. The molecule has 0 heterocycles. The molecule has 5 heavy (non-hydrogen) atoms. The number of rotatable bonds is 0. The second-order valence-electron chi connectivity index (χ2n) is 0.403. The van der Waals surface area contributed by atoms with Crippen molar-refractivity contribution < 1.29 is 48.6 Å². The van der Waals surface area contributed by atoms with Crippen LogP contribution in [0.4, 0.5) is 0 Å². The average molecular weight is 256 g/mol. The molecule has 3 nitrogen and oxygen atoms in total. The monoisotopic (exact) mass is 256 g/mol. The van der Waals surface area contributed by atoms with Gasteiger partial charge in [0.15, 0.2) is 0 Å². The van der Waals surface area contributed by atoms with Crippen LogP contribution in [0.3, 0.4) is 0 Å². The van der Waals surface area contributed by atoms with Crippen molar-refractivity contribution >= 4 is 3.15 Å². The van der Waals surface area contributed by atoms with Gasteiger partial charge in [0.1, 0.15) is 0 Å². The molecule has 0 radical (unpaired) electrons. The maximum atomic E-state index is 9.25. The number of hydrogen-bond donors (Lipinski definition) is 2. The summed E-state index contributed by atoms with van der Waals surface area (Å²) in [5, 5.41) is 0. The standard InChI is InChI=1S/Lu.HO3P/c;1-4(2)3/h;(H-,1,2,3)/q-1;/p+1. The Kier molecular flexibility index (Phi) is 2.42. The van der Waals surface area contributed by atoms with Gasteiger partial charge in [0.2, 0.25) is 0 Å². The van der Waals surface area contributed by atoms with Gasteiger partial charge in [-0.3, -0.25) is 0 Å². The molecule has 0 aliphatic rings. The molecule has 0 aromatic heterocycles. The van der Waals surface area contributed by atoms with Crippen LogP contribution in [0.2, 0.25) is 0 Å². The molecule has 0 aromatic carbocycles. The van der Waals surface area contributed by atoms with E-state index in [0.717, 1.165) is 0 Å². The maximum absolute atomic E-state index is 9.25. The zero-order chi connectivity index (χ0) is 4.50. The van der Waals surface area contributed by atoms with E-state index in [4.69, 9.17) is 9.79 Å². The van der Waals surface area contributed by atoms with Crippen LogP contribution >= 0.6 is 3.15 Å². The summed E-state index contributed by atoms with van der Waals surface area (Å²) in [4.78, 5) is 15.1. The Morgan fingerprint density at radius 3 is 1.60 bits per heavy atom. The van der Waals surface area contributed by atoms with Gasteiger partial charge in [-0.2, -0.15) is 0 Å². The summed E-state index contributed by atoms with van der Waals surface area (Å²) in [6.07, 6.45) is 0. The van der Waals surface area contributed by atoms with Crippen molar-refractivity contribution in [3.63, 3.8) is 0 Å². The second-order valence-corrected chi connectivity index (χ2v) is 4.10. The Morgan fingerprint density at radius 1 is 1.60 bits per heavy atom. The molecular formula is H2LuO3P. The van der Waals surface area contributed by atoms with Gasteiger partial charge in [-0.1, -0.05) is 0 Å². The van der Waals surface area contributed by atoms with Gasteiger partial charge in [-0.25, -0.2) is 0 Å². The van der Waals surface area contributed by atoms with Crippen LogP contribution in [-0.2, 0) is 4.57 Å². The van der Waals surface area contributed by atoms with E-state index in [9.17, 15) is 4.57 Å². The third-order valence-corrected chi connectivity index (χ3v) is 0. The van der Waals surface area contributed by atoms with E-state index in [0.29, 0.717) is 0 Å². The number of hydrogen-bond acceptors (Lipinski definition) is 1. The molecule has 0 saturated carbocycles. The van der Waals surface area contributed by atoms with Crippen LogP contribution in [0, 0.1) is 34.2 Å². The van der Waals surface area contributed by atoms with E-state index >= 15 is 0 Å². The van der Waals surface area contributed by atoms with E-state index in [1.165, 1.54) is 0 Å². The fourth-order valence-electron chi connectivity index (χ4n) is 0. The summed E-state index contributed by atoms with van der Waals surface area (Å²) >= 11 is 1.91. The summed E-state index contributed by atoms with van der Waals surface area (Å²) in [6, 6.07) is 0.